The highest BCUT2D eigenvalue weighted by Gasteiger charge is 2.04. The fourth-order valence-electron chi connectivity index (χ4n) is 0.674. The second-order valence-electron chi connectivity index (χ2n) is 2.17. The van der Waals surface area contributed by atoms with E-state index in [1.165, 1.54) is 0 Å². The summed E-state index contributed by atoms with van der Waals surface area (Å²) >= 11 is 0. The number of aromatic amines is 1. The fraction of sp³-hybridized carbons (Fsp3) is 0.500. The van der Waals surface area contributed by atoms with Gasteiger partial charge in [0.2, 0.25) is 5.95 Å². The zero-order valence-corrected chi connectivity index (χ0v) is 6.66. The Labute approximate surface area is 69.0 Å². The number of nitrogens with zero attached hydrogens (tertiary/aromatic N) is 2. The van der Waals surface area contributed by atoms with E-state index in [1.807, 2.05) is 6.92 Å². The van der Waals surface area contributed by atoms with E-state index in [4.69, 9.17) is 5.11 Å². The monoisotopic (exact) mass is 170 g/mol. The zero-order valence-electron chi connectivity index (χ0n) is 6.66. The number of aryl methyl sites for hydroxylation is 1. The predicted molar refractivity (Wildman–Crippen MR) is 41.5 cm³/mol. The summed E-state index contributed by atoms with van der Waals surface area (Å²) in [5.41, 5.74) is 0. The SMILES string of the molecule is CCc1nc(NC(=O)CO)n[nH]1. The Kier molecular flexibility index (Phi) is 2.76. The summed E-state index contributed by atoms with van der Waals surface area (Å²) in [5.74, 6) is 0.380. The summed E-state index contributed by atoms with van der Waals surface area (Å²) < 4.78 is 0. The molecule has 1 amide bonds. The van der Waals surface area contributed by atoms with Crippen molar-refractivity contribution < 1.29 is 9.90 Å². The van der Waals surface area contributed by atoms with Crippen LogP contribution in [0, 0.1) is 0 Å². The summed E-state index contributed by atoms with van der Waals surface area (Å²) in [6, 6.07) is 0. The number of amides is 1. The van der Waals surface area contributed by atoms with E-state index in [1.54, 1.807) is 0 Å². The summed E-state index contributed by atoms with van der Waals surface area (Å²) in [7, 11) is 0. The molecule has 66 valence electrons. The first-order chi connectivity index (χ1) is 5.76. The smallest absolute Gasteiger partial charge is 0.252 e. The van der Waals surface area contributed by atoms with Crippen LogP contribution < -0.4 is 5.32 Å². The Hall–Kier alpha value is -1.43. The molecule has 0 aliphatic carbocycles. The first-order valence-corrected chi connectivity index (χ1v) is 3.58. The van der Waals surface area contributed by atoms with E-state index in [0.29, 0.717) is 5.82 Å². The van der Waals surface area contributed by atoms with Crippen LogP contribution in [0.15, 0.2) is 0 Å². The average Bonchev–Trinajstić information content (AvgIpc) is 2.52. The number of anilines is 1. The van der Waals surface area contributed by atoms with Crippen LogP contribution in [0.1, 0.15) is 12.7 Å². The van der Waals surface area contributed by atoms with Crippen LogP contribution in [0.3, 0.4) is 0 Å². The Balaban J connectivity index is 2.58. The maximum absolute atomic E-state index is 10.6. The van der Waals surface area contributed by atoms with Crippen LogP contribution in [-0.4, -0.2) is 32.8 Å². The molecule has 0 aromatic carbocycles. The molecule has 1 aromatic heterocycles. The van der Waals surface area contributed by atoms with Crippen molar-refractivity contribution >= 4 is 11.9 Å². The molecule has 0 bridgehead atoms. The molecule has 1 rings (SSSR count). The summed E-state index contributed by atoms with van der Waals surface area (Å²) in [6.07, 6.45) is 0.724. The largest absolute Gasteiger partial charge is 0.387 e. The normalized spacial score (nSPS) is 9.83. The van der Waals surface area contributed by atoms with Crippen molar-refractivity contribution in [1.29, 1.82) is 0 Å². The first kappa shape index (κ1) is 8.66. The van der Waals surface area contributed by atoms with Gasteiger partial charge in [-0.05, 0) is 0 Å². The van der Waals surface area contributed by atoms with Gasteiger partial charge in [-0.1, -0.05) is 6.92 Å². The molecular formula is C6H10N4O2. The molecule has 12 heavy (non-hydrogen) atoms. The number of nitrogens with one attached hydrogen (secondary N) is 2. The van der Waals surface area contributed by atoms with Gasteiger partial charge in [-0.2, -0.15) is 4.98 Å². The molecule has 0 radical (unpaired) electrons. The van der Waals surface area contributed by atoms with Crippen LogP contribution in [0.2, 0.25) is 0 Å². The third-order valence-electron chi connectivity index (χ3n) is 1.26. The molecule has 0 spiro atoms. The molecule has 0 aliphatic heterocycles. The van der Waals surface area contributed by atoms with Crippen molar-refractivity contribution in [1.82, 2.24) is 15.2 Å². The Morgan fingerprint density at radius 2 is 2.50 bits per heavy atom. The Morgan fingerprint density at radius 3 is 3.00 bits per heavy atom. The molecule has 0 saturated heterocycles. The van der Waals surface area contributed by atoms with E-state index in [2.05, 4.69) is 20.5 Å². The number of hydrogen-bond acceptors (Lipinski definition) is 4. The van der Waals surface area contributed by atoms with E-state index in [-0.39, 0.29) is 5.95 Å². The van der Waals surface area contributed by atoms with Crippen LogP contribution >= 0.6 is 0 Å². The van der Waals surface area contributed by atoms with E-state index in [9.17, 15) is 4.79 Å². The molecule has 6 heteroatoms. The number of aromatic nitrogens is 3. The Bertz CT molecular complexity index is 270. The van der Waals surface area contributed by atoms with Gasteiger partial charge in [0, 0.05) is 6.42 Å². The minimum Gasteiger partial charge on any atom is -0.387 e. The topological polar surface area (TPSA) is 90.9 Å². The number of aliphatic hydroxyl groups excluding tert-OH is 1. The standard InChI is InChI=1S/C6H10N4O2/c1-2-4-7-6(10-9-4)8-5(12)3-11/h11H,2-3H2,1H3,(H2,7,8,9,10,12). The number of carbonyl (C=O) groups excluding carboxylic acids is 1. The van der Waals surface area contributed by atoms with E-state index < -0.39 is 12.5 Å². The summed E-state index contributed by atoms with van der Waals surface area (Å²) in [5, 5.41) is 17.0. The second kappa shape index (κ2) is 3.82. The molecule has 0 unspecified atom stereocenters. The molecular weight excluding hydrogens is 160 g/mol. The van der Waals surface area contributed by atoms with Gasteiger partial charge in [0.1, 0.15) is 12.4 Å². The van der Waals surface area contributed by atoms with Crippen LogP contribution in [0.25, 0.3) is 0 Å². The maximum atomic E-state index is 10.6. The second-order valence-corrected chi connectivity index (χ2v) is 2.17. The summed E-state index contributed by atoms with van der Waals surface area (Å²) in [4.78, 5) is 14.5. The molecule has 0 aliphatic rings. The average molecular weight is 170 g/mol. The highest BCUT2D eigenvalue weighted by molar-refractivity contribution is 5.89. The number of aliphatic hydroxyl groups is 1. The highest BCUT2D eigenvalue weighted by atomic mass is 16.3. The molecule has 6 nitrogen and oxygen atoms in total. The van der Waals surface area contributed by atoms with Crippen molar-refractivity contribution in [2.24, 2.45) is 0 Å². The molecule has 0 saturated carbocycles. The zero-order chi connectivity index (χ0) is 8.97. The lowest BCUT2D eigenvalue weighted by atomic mass is 10.5. The van der Waals surface area contributed by atoms with Gasteiger partial charge >= 0.3 is 0 Å². The third-order valence-corrected chi connectivity index (χ3v) is 1.26. The highest BCUT2D eigenvalue weighted by Crippen LogP contribution is 1.97. The van der Waals surface area contributed by atoms with Gasteiger partial charge in [0.05, 0.1) is 0 Å². The third kappa shape index (κ3) is 2.03. The van der Waals surface area contributed by atoms with Crippen LogP contribution in [0.5, 0.6) is 0 Å². The molecule has 0 fully saturated rings. The lowest BCUT2D eigenvalue weighted by molar-refractivity contribution is -0.118. The Morgan fingerprint density at radius 1 is 1.75 bits per heavy atom. The lowest BCUT2D eigenvalue weighted by Gasteiger charge is -1.93. The van der Waals surface area contributed by atoms with E-state index >= 15 is 0 Å². The number of carbonyl (C=O) groups is 1. The van der Waals surface area contributed by atoms with Gasteiger partial charge in [0.25, 0.3) is 5.91 Å². The molecule has 0 atom stereocenters. The fourth-order valence-corrected chi connectivity index (χ4v) is 0.674. The van der Waals surface area contributed by atoms with Crippen molar-refractivity contribution in [2.45, 2.75) is 13.3 Å². The number of rotatable bonds is 3. The number of H-pyrrole nitrogens is 1. The van der Waals surface area contributed by atoms with Gasteiger partial charge in [-0.15, -0.1) is 5.10 Å². The van der Waals surface area contributed by atoms with Crippen LogP contribution in [0.4, 0.5) is 5.95 Å². The first-order valence-electron chi connectivity index (χ1n) is 3.58. The number of hydrogen-bond donors (Lipinski definition) is 3. The minimum atomic E-state index is -0.560. The van der Waals surface area contributed by atoms with Gasteiger partial charge in [0.15, 0.2) is 0 Å². The van der Waals surface area contributed by atoms with Crippen molar-refractivity contribution in [3.05, 3.63) is 5.82 Å². The lowest BCUT2D eigenvalue weighted by Crippen LogP contribution is -2.16. The maximum Gasteiger partial charge on any atom is 0.252 e. The molecule has 3 N–H and O–H groups in total. The molecule has 1 aromatic rings. The van der Waals surface area contributed by atoms with Gasteiger partial charge < -0.3 is 5.11 Å². The quantitative estimate of drug-likeness (QED) is 0.559. The summed E-state index contributed by atoms with van der Waals surface area (Å²) in [6.45, 7) is 1.36. The van der Waals surface area contributed by atoms with Crippen molar-refractivity contribution in [2.75, 3.05) is 11.9 Å². The van der Waals surface area contributed by atoms with Gasteiger partial charge in [-0.25, -0.2) is 0 Å². The van der Waals surface area contributed by atoms with Gasteiger partial charge in [-0.3, -0.25) is 15.2 Å². The van der Waals surface area contributed by atoms with Crippen molar-refractivity contribution in [3.8, 4) is 0 Å². The predicted octanol–water partition coefficient (Wildman–Crippen LogP) is -0.702. The minimum absolute atomic E-state index is 0.200. The van der Waals surface area contributed by atoms with Crippen molar-refractivity contribution in [3.63, 3.8) is 0 Å². The van der Waals surface area contributed by atoms with Crippen LogP contribution in [-0.2, 0) is 11.2 Å². The van der Waals surface area contributed by atoms with E-state index in [0.717, 1.165) is 6.42 Å². The molecule has 1 heterocycles.